The van der Waals surface area contributed by atoms with E-state index in [0.717, 1.165) is 22.8 Å². The van der Waals surface area contributed by atoms with Gasteiger partial charge in [-0.1, -0.05) is 56.0 Å². The fourth-order valence-corrected chi connectivity index (χ4v) is 3.90. The fourth-order valence-electron chi connectivity index (χ4n) is 3.90. The molecule has 0 saturated heterocycles. The Morgan fingerprint density at radius 2 is 1.55 bits per heavy atom. The summed E-state index contributed by atoms with van der Waals surface area (Å²) in [6.07, 6.45) is 16.1. The van der Waals surface area contributed by atoms with E-state index in [-0.39, 0.29) is 0 Å². The first kappa shape index (κ1) is 19.4. The van der Waals surface area contributed by atoms with Crippen molar-refractivity contribution < 1.29 is 9.47 Å². The Bertz CT molecular complexity index is 857. The molecular formula is C26H29NO2. The van der Waals surface area contributed by atoms with Crippen LogP contribution in [-0.2, 0) is 6.61 Å². The lowest BCUT2D eigenvalue weighted by Gasteiger charge is -2.18. The maximum atomic E-state index is 6.14. The Hall–Kier alpha value is -2.94. The number of hydrogen-bond acceptors (Lipinski definition) is 3. The summed E-state index contributed by atoms with van der Waals surface area (Å²) in [5.41, 5.74) is 2.43. The molecular weight excluding hydrogens is 358 g/mol. The van der Waals surface area contributed by atoms with Crippen LogP contribution in [0.2, 0.25) is 0 Å². The molecule has 3 nitrogen and oxygen atoms in total. The molecule has 150 valence electrons. The van der Waals surface area contributed by atoms with Crippen molar-refractivity contribution in [3.8, 4) is 11.5 Å². The average Bonchev–Trinajstić information content (AvgIpc) is 3.17. The average molecular weight is 388 g/mol. The Morgan fingerprint density at radius 1 is 0.828 bits per heavy atom. The Kier molecular flexibility index (Phi) is 6.69. The molecule has 0 amide bonds. The maximum absolute atomic E-state index is 6.14. The van der Waals surface area contributed by atoms with Gasteiger partial charge in [0.2, 0.25) is 0 Å². The second-order valence-corrected chi connectivity index (χ2v) is 7.71. The molecule has 1 fully saturated rings. The van der Waals surface area contributed by atoms with Gasteiger partial charge in [-0.05, 0) is 60.7 Å². The molecule has 0 aromatic heterocycles. The van der Waals surface area contributed by atoms with Crippen molar-refractivity contribution in [3.63, 3.8) is 0 Å². The Balaban J connectivity index is 1.37. The lowest BCUT2D eigenvalue weighted by molar-refractivity contribution is 0.305. The summed E-state index contributed by atoms with van der Waals surface area (Å²) >= 11 is 0. The highest BCUT2D eigenvalue weighted by Gasteiger charge is 2.17. The zero-order valence-electron chi connectivity index (χ0n) is 16.8. The molecule has 1 N–H and O–H groups in total. The molecule has 1 saturated carbocycles. The molecule has 0 radical (unpaired) electrons. The zero-order valence-corrected chi connectivity index (χ0v) is 16.8. The van der Waals surface area contributed by atoms with E-state index in [1.54, 1.807) is 0 Å². The molecule has 0 spiro atoms. The van der Waals surface area contributed by atoms with Crippen LogP contribution >= 0.6 is 0 Å². The van der Waals surface area contributed by atoms with Crippen LogP contribution in [0.25, 0.3) is 0 Å². The van der Waals surface area contributed by atoms with Crippen molar-refractivity contribution in [1.29, 1.82) is 0 Å². The topological polar surface area (TPSA) is 30.5 Å². The fraction of sp³-hybridized carbons (Fsp3) is 0.308. The highest BCUT2D eigenvalue weighted by atomic mass is 16.5. The predicted octanol–water partition coefficient (Wildman–Crippen LogP) is 6.50. The monoisotopic (exact) mass is 387 g/mol. The van der Waals surface area contributed by atoms with Crippen molar-refractivity contribution in [2.75, 3.05) is 0 Å². The number of rotatable bonds is 6. The van der Waals surface area contributed by atoms with Crippen LogP contribution in [-0.4, -0.2) is 0 Å². The molecule has 1 aliphatic heterocycles. The van der Waals surface area contributed by atoms with Crippen LogP contribution in [0, 0.1) is 5.92 Å². The smallest absolute Gasteiger partial charge is 0.129 e. The lowest BCUT2D eigenvalue weighted by Crippen LogP contribution is -2.15. The third-order valence-corrected chi connectivity index (χ3v) is 5.51. The first-order valence-corrected chi connectivity index (χ1v) is 10.7. The minimum atomic E-state index is 0.566. The molecule has 0 bridgehead atoms. The first-order chi connectivity index (χ1) is 14.4. The van der Waals surface area contributed by atoms with Gasteiger partial charge in [-0.25, -0.2) is 0 Å². The Morgan fingerprint density at radius 3 is 2.31 bits per heavy atom. The van der Waals surface area contributed by atoms with Gasteiger partial charge < -0.3 is 14.8 Å². The van der Waals surface area contributed by atoms with Gasteiger partial charge in [-0.3, -0.25) is 0 Å². The molecule has 0 atom stereocenters. The minimum absolute atomic E-state index is 0.566. The van der Waals surface area contributed by atoms with E-state index in [0.29, 0.717) is 12.5 Å². The van der Waals surface area contributed by atoms with Crippen molar-refractivity contribution in [2.24, 2.45) is 5.92 Å². The van der Waals surface area contributed by atoms with Gasteiger partial charge in [0, 0.05) is 18.0 Å². The maximum Gasteiger partial charge on any atom is 0.129 e. The standard InChI is InChI=1S/C26H29NO2/c1-2-7-12-22(11-6-1)26-19-25(13-8-18-27-26)29-24-16-14-23(15-17-24)28-20-21-9-4-3-5-10-21/h3-5,8-10,13-19,22,27H,1-2,6-7,11-12,20H2. The molecule has 0 unspecified atom stereocenters. The van der Waals surface area contributed by atoms with E-state index >= 15 is 0 Å². The Labute approximate surface area is 173 Å². The number of hydrogen-bond donors (Lipinski definition) is 1. The van der Waals surface area contributed by atoms with Crippen molar-refractivity contribution >= 4 is 0 Å². The highest BCUT2D eigenvalue weighted by molar-refractivity contribution is 5.36. The van der Waals surface area contributed by atoms with Gasteiger partial charge in [0.1, 0.15) is 23.9 Å². The number of allylic oxidation sites excluding steroid dienone is 4. The largest absolute Gasteiger partial charge is 0.489 e. The number of ether oxygens (including phenoxy) is 2. The van der Waals surface area contributed by atoms with E-state index in [4.69, 9.17) is 9.47 Å². The van der Waals surface area contributed by atoms with Gasteiger partial charge >= 0.3 is 0 Å². The van der Waals surface area contributed by atoms with Gasteiger partial charge in [-0.15, -0.1) is 0 Å². The summed E-state index contributed by atoms with van der Waals surface area (Å²) in [4.78, 5) is 0. The molecule has 1 heterocycles. The van der Waals surface area contributed by atoms with Crippen LogP contribution in [0.15, 0.2) is 90.5 Å². The van der Waals surface area contributed by atoms with Crippen LogP contribution in [0.1, 0.15) is 44.1 Å². The molecule has 2 aliphatic rings. The summed E-state index contributed by atoms with van der Waals surface area (Å²) in [7, 11) is 0. The highest BCUT2D eigenvalue weighted by Crippen LogP contribution is 2.29. The van der Waals surface area contributed by atoms with Gasteiger partial charge in [0.05, 0.1) is 0 Å². The number of benzene rings is 2. The van der Waals surface area contributed by atoms with Crippen LogP contribution in [0.5, 0.6) is 11.5 Å². The zero-order chi connectivity index (χ0) is 19.7. The predicted molar refractivity (Wildman–Crippen MR) is 117 cm³/mol. The molecule has 2 aromatic rings. The first-order valence-electron chi connectivity index (χ1n) is 10.7. The quantitative estimate of drug-likeness (QED) is 0.574. The second kappa shape index (κ2) is 10.0. The summed E-state index contributed by atoms with van der Waals surface area (Å²) in [5.74, 6) is 3.12. The third-order valence-electron chi connectivity index (χ3n) is 5.51. The van der Waals surface area contributed by atoms with E-state index in [9.17, 15) is 0 Å². The van der Waals surface area contributed by atoms with Crippen LogP contribution < -0.4 is 14.8 Å². The molecule has 4 rings (SSSR count). The van der Waals surface area contributed by atoms with Gasteiger partial charge in [0.25, 0.3) is 0 Å². The summed E-state index contributed by atoms with van der Waals surface area (Å²) in [6, 6.07) is 18.0. The van der Waals surface area contributed by atoms with E-state index < -0.39 is 0 Å². The molecule has 3 heteroatoms. The second-order valence-electron chi connectivity index (χ2n) is 7.71. The van der Waals surface area contributed by atoms with E-state index in [1.807, 2.05) is 60.8 Å². The molecule has 29 heavy (non-hydrogen) atoms. The summed E-state index contributed by atoms with van der Waals surface area (Å²) in [6.45, 7) is 0.566. The minimum Gasteiger partial charge on any atom is -0.489 e. The van der Waals surface area contributed by atoms with Crippen molar-refractivity contribution in [3.05, 3.63) is 96.0 Å². The van der Waals surface area contributed by atoms with Crippen LogP contribution in [0.3, 0.4) is 0 Å². The van der Waals surface area contributed by atoms with E-state index in [2.05, 4.69) is 23.5 Å². The SMILES string of the molecule is C1=CNC(C2CCCCCC2)=CC(Oc2ccc(OCc3ccccc3)cc2)=C1. The van der Waals surface area contributed by atoms with Crippen molar-refractivity contribution in [1.82, 2.24) is 5.32 Å². The number of nitrogens with one attached hydrogen (secondary N) is 1. The summed E-state index contributed by atoms with van der Waals surface area (Å²) < 4.78 is 12.0. The summed E-state index contributed by atoms with van der Waals surface area (Å²) in [5, 5.41) is 3.46. The van der Waals surface area contributed by atoms with Gasteiger partial charge in [0.15, 0.2) is 0 Å². The normalized spacial score (nSPS) is 17.4. The third kappa shape index (κ3) is 5.77. The van der Waals surface area contributed by atoms with E-state index in [1.165, 1.54) is 44.2 Å². The molecule has 1 aliphatic carbocycles. The van der Waals surface area contributed by atoms with Gasteiger partial charge in [-0.2, -0.15) is 0 Å². The molecule has 2 aromatic carbocycles. The van der Waals surface area contributed by atoms with Crippen molar-refractivity contribution in [2.45, 2.75) is 45.1 Å². The lowest BCUT2D eigenvalue weighted by atomic mass is 9.96. The van der Waals surface area contributed by atoms with Crippen LogP contribution in [0.4, 0.5) is 0 Å².